The molecule has 44 heavy (non-hydrogen) atoms. The van der Waals surface area contributed by atoms with Gasteiger partial charge in [-0.05, 0) is 54.8 Å². The summed E-state index contributed by atoms with van der Waals surface area (Å²) in [6, 6.07) is 28.0. The van der Waals surface area contributed by atoms with Crippen molar-refractivity contribution >= 4 is 28.3 Å². The van der Waals surface area contributed by atoms with E-state index in [0.717, 1.165) is 27.5 Å². The molecule has 0 aliphatic carbocycles. The molecule has 9 nitrogen and oxygen atoms in total. The molecule has 0 aliphatic heterocycles. The predicted octanol–water partition coefficient (Wildman–Crippen LogP) is 6.08. The molecule has 2 amide bonds. The van der Waals surface area contributed by atoms with Crippen molar-refractivity contribution < 1.29 is 14.5 Å². The molecule has 0 spiro atoms. The van der Waals surface area contributed by atoms with Crippen LogP contribution in [0.2, 0.25) is 0 Å². The minimum Gasteiger partial charge on any atom is -0.349 e. The Morgan fingerprint density at radius 3 is 2.39 bits per heavy atom. The fourth-order valence-corrected chi connectivity index (χ4v) is 5.37. The predicted molar refractivity (Wildman–Crippen MR) is 170 cm³/mol. The number of hydrogen-bond acceptors (Lipinski definition) is 5. The van der Waals surface area contributed by atoms with E-state index in [1.54, 1.807) is 29.6 Å². The molecule has 0 bridgehead atoms. The zero-order valence-electron chi connectivity index (χ0n) is 25.1. The highest BCUT2D eigenvalue weighted by molar-refractivity contribution is 5.95. The van der Waals surface area contributed by atoms with Crippen molar-refractivity contribution in [3.8, 4) is 0 Å². The van der Waals surface area contributed by atoms with E-state index < -0.39 is 10.5 Å². The van der Waals surface area contributed by atoms with Crippen LogP contribution in [-0.4, -0.2) is 43.3 Å². The van der Waals surface area contributed by atoms with Crippen LogP contribution in [-0.2, 0) is 24.3 Å². The Hall–Kier alpha value is -5.31. The molecule has 224 valence electrons. The molecule has 0 saturated heterocycles. The van der Waals surface area contributed by atoms with Gasteiger partial charge in [0.25, 0.3) is 11.6 Å². The van der Waals surface area contributed by atoms with Crippen LogP contribution in [0.1, 0.15) is 46.6 Å². The Kier molecular flexibility index (Phi) is 8.85. The standard InChI is InChI=1S/C35H35N5O4/c1-25-11-15-28(16-12-25)34(42)38(22-29-9-6-8-27-7-4-5-10-32(27)29)23-35(2,3)37-33(41)19-31-20-36-24-39(31)21-26-13-17-30(18-14-26)40(43)44/h4-18,20,24H,19,21-23H2,1-3H3,(H,37,41). The number of benzene rings is 4. The summed E-state index contributed by atoms with van der Waals surface area (Å²) in [5, 5.41) is 16.3. The molecule has 9 heteroatoms. The van der Waals surface area contributed by atoms with Crippen molar-refractivity contribution in [2.45, 2.75) is 45.8 Å². The molecule has 0 unspecified atom stereocenters. The van der Waals surface area contributed by atoms with Crippen LogP contribution in [0.3, 0.4) is 0 Å². The molecular formula is C35H35N5O4. The third-order valence-corrected chi connectivity index (χ3v) is 7.53. The molecule has 1 heterocycles. The van der Waals surface area contributed by atoms with E-state index in [9.17, 15) is 19.7 Å². The second-order valence-corrected chi connectivity index (χ2v) is 11.7. The first-order valence-corrected chi connectivity index (χ1v) is 14.4. The summed E-state index contributed by atoms with van der Waals surface area (Å²) in [6.45, 7) is 6.91. The largest absolute Gasteiger partial charge is 0.349 e. The first-order valence-electron chi connectivity index (χ1n) is 14.4. The quantitative estimate of drug-likeness (QED) is 0.148. The molecule has 0 aliphatic rings. The Morgan fingerprint density at radius 1 is 0.955 bits per heavy atom. The van der Waals surface area contributed by atoms with Gasteiger partial charge in [-0.3, -0.25) is 19.7 Å². The number of aryl methyl sites for hydroxylation is 1. The summed E-state index contributed by atoms with van der Waals surface area (Å²) in [4.78, 5) is 43.7. The number of carbonyl (C=O) groups is 2. The zero-order valence-corrected chi connectivity index (χ0v) is 25.1. The van der Waals surface area contributed by atoms with Crippen molar-refractivity contribution in [3.63, 3.8) is 0 Å². The number of nitro groups is 1. The third kappa shape index (κ3) is 7.36. The third-order valence-electron chi connectivity index (χ3n) is 7.53. The molecule has 0 saturated carbocycles. The fraction of sp³-hybridized carbons (Fsp3) is 0.229. The second-order valence-electron chi connectivity index (χ2n) is 11.7. The topological polar surface area (TPSA) is 110 Å². The van der Waals surface area contributed by atoms with E-state index in [0.29, 0.717) is 24.3 Å². The number of amides is 2. The number of non-ortho nitro benzene ring substituents is 1. The van der Waals surface area contributed by atoms with Gasteiger partial charge in [0.05, 0.1) is 23.2 Å². The lowest BCUT2D eigenvalue weighted by molar-refractivity contribution is -0.384. The van der Waals surface area contributed by atoms with E-state index >= 15 is 0 Å². The highest BCUT2D eigenvalue weighted by Gasteiger charge is 2.28. The summed E-state index contributed by atoms with van der Waals surface area (Å²) in [6.07, 6.45) is 3.37. The molecule has 0 fully saturated rings. The average molecular weight is 590 g/mol. The number of nitrogens with one attached hydrogen (secondary N) is 1. The Morgan fingerprint density at radius 2 is 1.66 bits per heavy atom. The van der Waals surface area contributed by atoms with Gasteiger partial charge in [-0.2, -0.15) is 0 Å². The normalized spacial score (nSPS) is 11.3. The van der Waals surface area contributed by atoms with Crippen LogP contribution >= 0.6 is 0 Å². The summed E-state index contributed by atoms with van der Waals surface area (Å²) in [7, 11) is 0. The van der Waals surface area contributed by atoms with E-state index in [2.05, 4.69) is 28.5 Å². The highest BCUT2D eigenvalue weighted by Crippen LogP contribution is 2.23. The monoisotopic (exact) mass is 589 g/mol. The average Bonchev–Trinajstić information content (AvgIpc) is 3.42. The van der Waals surface area contributed by atoms with Gasteiger partial charge in [0.1, 0.15) is 0 Å². The minimum absolute atomic E-state index is 0.0246. The van der Waals surface area contributed by atoms with E-state index in [1.807, 2.05) is 73.9 Å². The van der Waals surface area contributed by atoms with Crippen LogP contribution in [0.25, 0.3) is 10.8 Å². The number of imidazole rings is 1. The smallest absolute Gasteiger partial charge is 0.269 e. The molecular weight excluding hydrogens is 554 g/mol. The van der Waals surface area contributed by atoms with Gasteiger partial charge in [-0.1, -0.05) is 72.3 Å². The van der Waals surface area contributed by atoms with Gasteiger partial charge in [0, 0.05) is 49.2 Å². The van der Waals surface area contributed by atoms with E-state index in [-0.39, 0.29) is 30.5 Å². The zero-order chi connectivity index (χ0) is 31.3. The number of aromatic nitrogens is 2. The molecule has 5 aromatic rings. The van der Waals surface area contributed by atoms with Crippen molar-refractivity contribution in [1.82, 2.24) is 19.8 Å². The van der Waals surface area contributed by atoms with Crippen LogP contribution in [0.4, 0.5) is 5.69 Å². The van der Waals surface area contributed by atoms with Gasteiger partial charge in [0.15, 0.2) is 0 Å². The Balaban J connectivity index is 1.31. The fourth-order valence-electron chi connectivity index (χ4n) is 5.37. The van der Waals surface area contributed by atoms with Crippen LogP contribution < -0.4 is 5.32 Å². The second kappa shape index (κ2) is 12.9. The summed E-state index contributed by atoms with van der Waals surface area (Å²) >= 11 is 0. The number of nitro benzene ring substituents is 1. The summed E-state index contributed by atoms with van der Waals surface area (Å²) in [5.74, 6) is -0.310. The van der Waals surface area contributed by atoms with Crippen LogP contribution in [0.5, 0.6) is 0 Å². The lowest BCUT2D eigenvalue weighted by atomic mass is 10.0. The van der Waals surface area contributed by atoms with Gasteiger partial charge < -0.3 is 14.8 Å². The highest BCUT2D eigenvalue weighted by atomic mass is 16.6. The number of nitrogens with zero attached hydrogens (tertiary/aromatic N) is 4. The first kappa shape index (κ1) is 30.2. The van der Waals surface area contributed by atoms with Crippen molar-refractivity contribution in [2.75, 3.05) is 6.54 Å². The lowest BCUT2D eigenvalue weighted by Gasteiger charge is -2.34. The molecule has 0 atom stereocenters. The van der Waals surface area contributed by atoms with Crippen LogP contribution in [0.15, 0.2) is 104 Å². The van der Waals surface area contributed by atoms with E-state index in [4.69, 9.17) is 0 Å². The minimum atomic E-state index is -0.745. The number of hydrogen-bond donors (Lipinski definition) is 1. The van der Waals surface area contributed by atoms with Crippen molar-refractivity contribution in [3.05, 3.63) is 142 Å². The van der Waals surface area contributed by atoms with Crippen molar-refractivity contribution in [1.29, 1.82) is 0 Å². The molecule has 1 N–H and O–H groups in total. The number of carbonyl (C=O) groups excluding carboxylic acids is 2. The maximum atomic E-state index is 13.9. The van der Waals surface area contributed by atoms with Crippen molar-refractivity contribution in [2.24, 2.45) is 0 Å². The molecule has 0 radical (unpaired) electrons. The van der Waals surface area contributed by atoms with Crippen LogP contribution in [0, 0.1) is 17.0 Å². The maximum absolute atomic E-state index is 13.9. The Labute approximate surface area is 256 Å². The van der Waals surface area contributed by atoms with Gasteiger partial charge >= 0.3 is 0 Å². The summed E-state index contributed by atoms with van der Waals surface area (Å²) in [5.41, 5.74) is 3.54. The molecule has 1 aromatic heterocycles. The maximum Gasteiger partial charge on any atom is 0.269 e. The lowest BCUT2D eigenvalue weighted by Crippen LogP contribution is -2.53. The van der Waals surface area contributed by atoms with E-state index in [1.165, 1.54) is 12.1 Å². The number of rotatable bonds is 11. The SMILES string of the molecule is Cc1ccc(C(=O)N(Cc2cccc3ccccc23)CC(C)(C)NC(=O)Cc2cncn2Cc2ccc([N+](=O)[O-])cc2)cc1. The molecule has 4 aromatic carbocycles. The van der Waals surface area contributed by atoms with Gasteiger partial charge in [-0.25, -0.2) is 4.98 Å². The first-order chi connectivity index (χ1) is 21.1. The number of fused-ring (bicyclic) bond motifs is 1. The van der Waals surface area contributed by atoms with Gasteiger partial charge in [0.2, 0.25) is 5.91 Å². The Bertz CT molecular complexity index is 1790. The molecule has 5 rings (SSSR count). The summed E-state index contributed by atoms with van der Waals surface area (Å²) < 4.78 is 1.85. The van der Waals surface area contributed by atoms with Gasteiger partial charge in [-0.15, -0.1) is 0 Å².